The second-order valence-electron chi connectivity index (χ2n) is 6.43. The summed E-state index contributed by atoms with van der Waals surface area (Å²) in [5.74, 6) is -1.45. The van der Waals surface area contributed by atoms with Gasteiger partial charge in [-0.2, -0.15) is 5.10 Å². The number of hydrazone groups is 1. The Morgan fingerprint density at radius 2 is 2.03 bits per heavy atom. The number of benzene rings is 1. The van der Waals surface area contributed by atoms with Crippen molar-refractivity contribution in [1.82, 2.24) is 14.6 Å². The van der Waals surface area contributed by atoms with E-state index < -0.39 is 18.0 Å². The molecule has 11 nitrogen and oxygen atoms in total. The lowest BCUT2D eigenvalue weighted by atomic mass is 10.1. The van der Waals surface area contributed by atoms with Crippen molar-refractivity contribution in [3.63, 3.8) is 0 Å². The van der Waals surface area contributed by atoms with Crippen LogP contribution < -0.4 is 5.43 Å². The second-order valence-corrected chi connectivity index (χ2v) is 6.43. The first-order valence-corrected chi connectivity index (χ1v) is 9.89. The molecule has 0 saturated carbocycles. The van der Waals surface area contributed by atoms with Crippen molar-refractivity contribution in [2.75, 3.05) is 19.1 Å². The number of nitrogens with zero attached hydrogens (tertiary/aromatic N) is 5. The van der Waals surface area contributed by atoms with Crippen LogP contribution >= 0.6 is 0 Å². The summed E-state index contributed by atoms with van der Waals surface area (Å²) < 4.78 is 11.3. The highest BCUT2D eigenvalue weighted by molar-refractivity contribution is 6.15. The van der Waals surface area contributed by atoms with E-state index in [9.17, 15) is 14.7 Å². The van der Waals surface area contributed by atoms with Crippen molar-refractivity contribution in [3.8, 4) is 0 Å². The maximum absolute atomic E-state index is 12.4. The summed E-state index contributed by atoms with van der Waals surface area (Å²) in [6, 6.07) is 10.6. The first-order chi connectivity index (χ1) is 16.0. The monoisotopic (exact) mass is 450 g/mol. The Bertz CT molecular complexity index is 1200. The zero-order valence-electron chi connectivity index (χ0n) is 18.0. The Hall–Kier alpha value is -4.54. The molecule has 3 aromatic rings. The summed E-state index contributed by atoms with van der Waals surface area (Å²) >= 11 is 0. The van der Waals surface area contributed by atoms with E-state index in [1.54, 1.807) is 66.3 Å². The van der Waals surface area contributed by atoms with Crippen molar-refractivity contribution in [3.05, 3.63) is 66.0 Å². The maximum Gasteiger partial charge on any atom is 0.343 e. The van der Waals surface area contributed by atoms with Gasteiger partial charge in [-0.1, -0.05) is 30.3 Å². The Balaban J connectivity index is 1.83. The highest BCUT2D eigenvalue weighted by Crippen LogP contribution is 2.16. The summed E-state index contributed by atoms with van der Waals surface area (Å²) in [5, 5.41) is 18.8. The van der Waals surface area contributed by atoms with Crippen molar-refractivity contribution in [1.29, 1.82) is 0 Å². The number of aromatic nitrogens is 3. The molecule has 2 heterocycles. The molecular weight excluding hydrogens is 428 g/mol. The number of imidazole rings is 1. The number of aliphatic hydroxyl groups excluding tert-OH is 1. The number of methoxy groups -OCH3 is 1. The molecule has 0 aliphatic heterocycles. The molecule has 0 saturated heterocycles. The third-order valence-electron chi connectivity index (χ3n) is 4.25. The first kappa shape index (κ1) is 23.1. The Kier molecular flexibility index (Phi) is 7.84. The summed E-state index contributed by atoms with van der Waals surface area (Å²) in [5.41, 5.74) is 3.53. The molecule has 11 heteroatoms. The van der Waals surface area contributed by atoms with Crippen molar-refractivity contribution in [2.24, 2.45) is 10.1 Å². The summed E-state index contributed by atoms with van der Waals surface area (Å²) in [6.45, 7) is 1.73. The molecule has 0 radical (unpaired) electrons. The number of fused-ring (bicyclic) bond motifs is 1. The van der Waals surface area contributed by atoms with E-state index >= 15 is 0 Å². The SMILES string of the molecule is CCOC(=O)/C(C=NC(/C=N/Nc1ccc2nccn2n1)C(=O)OC)=C(/O)c1ccccc1. The van der Waals surface area contributed by atoms with Crippen LogP contribution in [0, 0.1) is 0 Å². The van der Waals surface area contributed by atoms with Crippen molar-refractivity contribution < 1.29 is 24.2 Å². The molecule has 3 rings (SSSR count). The molecule has 1 unspecified atom stereocenters. The normalized spacial score (nSPS) is 13.2. The number of hydrogen-bond acceptors (Lipinski definition) is 10. The van der Waals surface area contributed by atoms with E-state index in [4.69, 9.17) is 9.47 Å². The van der Waals surface area contributed by atoms with Gasteiger partial charge in [0, 0.05) is 24.2 Å². The van der Waals surface area contributed by atoms with Crippen molar-refractivity contribution >= 4 is 41.6 Å². The van der Waals surface area contributed by atoms with Gasteiger partial charge in [0.2, 0.25) is 0 Å². The quantitative estimate of drug-likeness (QED) is 0.166. The van der Waals surface area contributed by atoms with Crippen LogP contribution in [0.2, 0.25) is 0 Å². The van der Waals surface area contributed by atoms with Gasteiger partial charge in [-0.25, -0.2) is 19.1 Å². The zero-order chi connectivity index (χ0) is 23.6. The smallest absolute Gasteiger partial charge is 0.343 e. The molecule has 1 aromatic carbocycles. The predicted molar refractivity (Wildman–Crippen MR) is 122 cm³/mol. The molecule has 2 N–H and O–H groups in total. The van der Waals surface area contributed by atoms with E-state index in [2.05, 4.69) is 25.6 Å². The average Bonchev–Trinajstić information content (AvgIpc) is 3.31. The number of esters is 2. The summed E-state index contributed by atoms with van der Waals surface area (Å²) in [6.07, 6.45) is 5.53. The lowest BCUT2D eigenvalue weighted by Gasteiger charge is -2.08. The van der Waals surface area contributed by atoms with Gasteiger partial charge in [0.1, 0.15) is 11.3 Å². The predicted octanol–water partition coefficient (Wildman–Crippen LogP) is 2.27. The largest absolute Gasteiger partial charge is 0.506 e. The molecule has 0 bridgehead atoms. The lowest BCUT2D eigenvalue weighted by molar-refractivity contribution is -0.140. The number of nitrogens with one attached hydrogen (secondary N) is 1. The lowest BCUT2D eigenvalue weighted by Crippen LogP contribution is -2.23. The molecule has 2 aromatic heterocycles. The van der Waals surface area contributed by atoms with E-state index in [0.717, 1.165) is 6.21 Å². The highest BCUT2D eigenvalue weighted by atomic mass is 16.5. The molecule has 1 atom stereocenters. The van der Waals surface area contributed by atoms with Gasteiger partial charge >= 0.3 is 11.9 Å². The molecular formula is C22H22N6O5. The Morgan fingerprint density at radius 1 is 1.24 bits per heavy atom. The summed E-state index contributed by atoms with van der Waals surface area (Å²) in [4.78, 5) is 32.7. The third-order valence-corrected chi connectivity index (χ3v) is 4.25. The minimum Gasteiger partial charge on any atom is -0.506 e. The fourth-order valence-electron chi connectivity index (χ4n) is 2.66. The van der Waals surface area contributed by atoms with Gasteiger partial charge in [0.05, 0.1) is 19.9 Å². The number of hydrogen-bond donors (Lipinski definition) is 2. The van der Waals surface area contributed by atoms with Crippen LogP contribution in [0.15, 0.2) is 70.5 Å². The van der Waals surface area contributed by atoms with E-state index in [1.807, 2.05) is 0 Å². The number of ether oxygens (including phenoxy) is 2. The van der Waals surface area contributed by atoms with E-state index in [0.29, 0.717) is 17.0 Å². The van der Waals surface area contributed by atoms with Crippen molar-refractivity contribution in [2.45, 2.75) is 13.0 Å². The molecule has 33 heavy (non-hydrogen) atoms. The fraction of sp³-hybridized carbons (Fsp3) is 0.182. The van der Waals surface area contributed by atoms with Crippen LogP contribution in [0.25, 0.3) is 11.4 Å². The number of carbonyl (C=O) groups is 2. The summed E-state index contributed by atoms with van der Waals surface area (Å²) in [7, 11) is 1.20. The zero-order valence-corrected chi connectivity index (χ0v) is 18.0. The van der Waals surface area contributed by atoms with E-state index in [-0.39, 0.29) is 17.9 Å². The fourth-order valence-corrected chi connectivity index (χ4v) is 2.66. The number of anilines is 1. The van der Waals surface area contributed by atoms with Gasteiger partial charge in [0.15, 0.2) is 17.5 Å². The van der Waals surface area contributed by atoms with E-state index in [1.165, 1.54) is 13.3 Å². The van der Waals surface area contributed by atoms with Crippen LogP contribution in [0.4, 0.5) is 5.82 Å². The van der Waals surface area contributed by atoms with Crippen LogP contribution in [0.1, 0.15) is 12.5 Å². The van der Waals surface area contributed by atoms with Gasteiger partial charge in [0.25, 0.3) is 0 Å². The Labute approximate surface area is 189 Å². The van der Waals surface area contributed by atoms with Gasteiger partial charge in [-0.05, 0) is 19.1 Å². The number of aliphatic imine (C=N–C) groups is 1. The molecule has 0 aliphatic rings. The molecule has 0 fully saturated rings. The maximum atomic E-state index is 12.4. The number of rotatable bonds is 9. The standard InChI is InChI=1S/C22H22N6O5/c1-3-33-21(30)16(20(29)15-7-5-4-6-8-15)13-24-17(22(31)32-2)14-25-26-18-9-10-19-23-11-12-28(19)27-18/h4-14,17,29H,3H2,1-2H3,(H,26,27)/b20-16+,24-13?,25-14+. The minimum absolute atomic E-state index is 0.0955. The Morgan fingerprint density at radius 3 is 2.76 bits per heavy atom. The molecule has 0 aliphatic carbocycles. The van der Waals surface area contributed by atoms with Crippen LogP contribution in [-0.4, -0.2) is 63.8 Å². The number of carbonyl (C=O) groups excluding carboxylic acids is 2. The molecule has 170 valence electrons. The molecule has 0 amide bonds. The first-order valence-electron chi connectivity index (χ1n) is 9.89. The average molecular weight is 450 g/mol. The molecule has 0 spiro atoms. The topological polar surface area (TPSA) is 140 Å². The van der Waals surface area contributed by atoms with Crippen LogP contribution in [0.3, 0.4) is 0 Å². The minimum atomic E-state index is -1.20. The van der Waals surface area contributed by atoms with Gasteiger partial charge in [-0.15, -0.1) is 5.10 Å². The third kappa shape index (κ3) is 6.00. The van der Waals surface area contributed by atoms with Crippen LogP contribution in [0.5, 0.6) is 0 Å². The number of aliphatic hydroxyl groups is 1. The highest BCUT2D eigenvalue weighted by Gasteiger charge is 2.19. The van der Waals surface area contributed by atoms with Gasteiger partial charge in [-0.3, -0.25) is 10.4 Å². The van der Waals surface area contributed by atoms with Gasteiger partial charge < -0.3 is 14.6 Å². The van der Waals surface area contributed by atoms with Crippen LogP contribution in [-0.2, 0) is 19.1 Å². The second kappa shape index (κ2) is 11.2.